The Hall–Kier alpha value is -2.75. The molecule has 0 aliphatic carbocycles. The zero-order valence-corrected chi connectivity index (χ0v) is 17.3. The van der Waals surface area contributed by atoms with Crippen molar-refractivity contribution in [3.05, 3.63) is 111 Å². The number of amides is 1. The van der Waals surface area contributed by atoms with Crippen molar-refractivity contribution >= 4 is 34.7 Å². The van der Waals surface area contributed by atoms with E-state index in [0.29, 0.717) is 22.2 Å². The molecule has 0 aromatic heterocycles. The Morgan fingerprint density at radius 1 is 0.931 bits per heavy atom. The summed E-state index contributed by atoms with van der Waals surface area (Å²) in [5.41, 5.74) is 4.15. The standard InChI is InChI=1S/C24H19Cl2NO2/c1-15-6-10-17(11-7-15)21-22(19-4-2-3-5-20(19)26)27(24(29)23(21)28)14-16-8-12-18(25)13-9-16/h2-13,22,28H,14H2,1H3/t22-/m0/s1. The van der Waals surface area contributed by atoms with Crippen molar-refractivity contribution < 1.29 is 9.90 Å². The van der Waals surface area contributed by atoms with Crippen LogP contribution in [0.15, 0.2) is 78.6 Å². The third kappa shape index (κ3) is 3.76. The van der Waals surface area contributed by atoms with Gasteiger partial charge in [-0.1, -0.05) is 83.4 Å². The van der Waals surface area contributed by atoms with Crippen molar-refractivity contribution in [3.63, 3.8) is 0 Å². The van der Waals surface area contributed by atoms with Crippen LogP contribution in [0.3, 0.4) is 0 Å². The molecule has 29 heavy (non-hydrogen) atoms. The van der Waals surface area contributed by atoms with Crippen LogP contribution in [0.25, 0.3) is 5.57 Å². The molecule has 5 heteroatoms. The van der Waals surface area contributed by atoms with Gasteiger partial charge < -0.3 is 10.0 Å². The normalized spacial score (nSPS) is 16.6. The minimum atomic E-state index is -0.491. The Balaban J connectivity index is 1.83. The maximum absolute atomic E-state index is 13.1. The molecule has 1 aliphatic heterocycles. The predicted octanol–water partition coefficient (Wildman–Crippen LogP) is 6.35. The highest BCUT2D eigenvalue weighted by molar-refractivity contribution is 6.31. The molecule has 3 aromatic rings. The summed E-state index contributed by atoms with van der Waals surface area (Å²) >= 11 is 12.5. The highest BCUT2D eigenvalue weighted by Crippen LogP contribution is 2.45. The number of benzene rings is 3. The summed E-state index contributed by atoms with van der Waals surface area (Å²) in [5.74, 6) is -0.659. The number of nitrogens with zero attached hydrogens (tertiary/aromatic N) is 1. The van der Waals surface area contributed by atoms with E-state index in [0.717, 1.165) is 22.3 Å². The number of carbonyl (C=O) groups excluding carboxylic acids is 1. The first-order valence-electron chi connectivity index (χ1n) is 9.25. The number of hydrogen-bond acceptors (Lipinski definition) is 2. The first-order chi connectivity index (χ1) is 14.0. The number of halogens is 2. The molecule has 0 unspecified atom stereocenters. The Kier molecular flexibility index (Phi) is 5.35. The third-order valence-corrected chi connectivity index (χ3v) is 5.73. The summed E-state index contributed by atoms with van der Waals surface area (Å²) in [6.45, 7) is 2.32. The average molecular weight is 424 g/mol. The number of aliphatic hydroxyl groups excluding tert-OH is 1. The lowest BCUT2D eigenvalue weighted by Gasteiger charge is -2.28. The van der Waals surface area contributed by atoms with Gasteiger partial charge in [-0.05, 0) is 41.8 Å². The van der Waals surface area contributed by atoms with Crippen molar-refractivity contribution in [1.29, 1.82) is 0 Å². The fraction of sp³-hybridized carbons (Fsp3) is 0.125. The quantitative estimate of drug-likeness (QED) is 0.530. The highest BCUT2D eigenvalue weighted by atomic mass is 35.5. The van der Waals surface area contributed by atoms with Gasteiger partial charge in [-0.3, -0.25) is 4.79 Å². The van der Waals surface area contributed by atoms with E-state index in [1.807, 2.05) is 61.5 Å². The van der Waals surface area contributed by atoms with E-state index in [9.17, 15) is 9.90 Å². The number of hydrogen-bond donors (Lipinski definition) is 1. The molecule has 0 spiro atoms. The second-order valence-electron chi connectivity index (χ2n) is 7.11. The Morgan fingerprint density at radius 3 is 2.24 bits per heavy atom. The van der Waals surface area contributed by atoms with Crippen LogP contribution >= 0.6 is 23.2 Å². The van der Waals surface area contributed by atoms with Gasteiger partial charge >= 0.3 is 0 Å². The second-order valence-corrected chi connectivity index (χ2v) is 7.96. The van der Waals surface area contributed by atoms with Crippen molar-refractivity contribution in [2.75, 3.05) is 0 Å². The van der Waals surface area contributed by atoms with Gasteiger partial charge in [0.15, 0.2) is 5.76 Å². The molecular formula is C24H19Cl2NO2. The lowest BCUT2D eigenvalue weighted by molar-refractivity contribution is -0.130. The molecule has 146 valence electrons. The van der Waals surface area contributed by atoms with Crippen LogP contribution in [0, 0.1) is 6.92 Å². The van der Waals surface area contributed by atoms with Gasteiger partial charge in [0.05, 0.1) is 6.04 Å². The molecule has 3 aromatic carbocycles. The fourth-order valence-electron chi connectivity index (χ4n) is 3.65. The van der Waals surface area contributed by atoms with Crippen LogP contribution < -0.4 is 0 Å². The molecule has 1 aliphatic rings. The molecule has 1 N–H and O–H groups in total. The molecule has 0 fully saturated rings. The van der Waals surface area contributed by atoms with Gasteiger partial charge in [0, 0.05) is 22.2 Å². The molecular weight excluding hydrogens is 405 g/mol. The lowest BCUT2D eigenvalue weighted by Crippen LogP contribution is -2.30. The Morgan fingerprint density at radius 2 is 1.59 bits per heavy atom. The first-order valence-corrected chi connectivity index (χ1v) is 10.0. The molecule has 3 nitrogen and oxygen atoms in total. The maximum atomic E-state index is 13.1. The smallest absolute Gasteiger partial charge is 0.290 e. The van der Waals surface area contributed by atoms with Crippen LogP contribution in [0.5, 0.6) is 0 Å². The van der Waals surface area contributed by atoms with Crippen molar-refractivity contribution in [2.24, 2.45) is 0 Å². The monoisotopic (exact) mass is 423 g/mol. The SMILES string of the molecule is Cc1ccc(C2=C(O)C(=O)N(Cc3ccc(Cl)cc3)[C@H]2c2ccccc2Cl)cc1. The number of aliphatic hydroxyl groups is 1. The zero-order valence-electron chi connectivity index (χ0n) is 15.8. The minimum absolute atomic E-state index is 0.243. The van der Waals surface area contributed by atoms with E-state index < -0.39 is 11.9 Å². The Bertz CT molecular complexity index is 1090. The topological polar surface area (TPSA) is 40.5 Å². The summed E-state index contributed by atoms with van der Waals surface area (Å²) in [4.78, 5) is 14.7. The van der Waals surface area contributed by atoms with Crippen LogP contribution in [0.1, 0.15) is 28.3 Å². The van der Waals surface area contributed by atoms with Gasteiger partial charge in [-0.15, -0.1) is 0 Å². The third-order valence-electron chi connectivity index (χ3n) is 5.13. The van der Waals surface area contributed by atoms with Gasteiger partial charge in [0.1, 0.15) is 0 Å². The summed E-state index contributed by atoms with van der Waals surface area (Å²) < 4.78 is 0. The number of rotatable bonds is 4. The number of carbonyl (C=O) groups is 1. The molecule has 0 saturated carbocycles. The lowest BCUT2D eigenvalue weighted by atomic mass is 9.93. The van der Waals surface area contributed by atoms with Crippen LogP contribution in [0.4, 0.5) is 0 Å². The van der Waals surface area contributed by atoms with E-state index in [1.54, 1.807) is 23.1 Å². The molecule has 1 amide bonds. The van der Waals surface area contributed by atoms with Crippen molar-refractivity contribution in [1.82, 2.24) is 4.90 Å². The molecule has 1 heterocycles. The first kappa shape index (κ1) is 19.6. The van der Waals surface area contributed by atoms with E-state index in [4.69, 9.17) is 23.2 Å². The Labute approximate surface area is 179 Å². The predicted molar refractivity (Wildman–Crippen MR) is 117 cm³/mol. The van der Waals surface area contributed by atoms with E-state index in [-0.39, 0.29) is 5.76 Å². The van der Waals surface area contributed by atoms with Gasteiger partial charge in [0.2, 0.25) is 0 Å². The fourth-order valence-corrected chi connectivity index (χ4v) is 4.02. The molecule has 1 atom stereocenters. The van der Waals surface area contributed by atoms with Crippen LogP contribution in [-0.4, -0.2) is 15.9 Å². The molecule has 4 rings (SSSR count). The van der Waals surface area contributed by atoms with Crippen molar-refractivity contribution in [2.45, 2.75) is 19.5 Å². The minimum Gasteiger partial charge on any atom is -0.503 e. The molecule has 0 bridgehead atoms. The highest BCUT2D eigenvalue weighted by Gasteiger charge is 2.41. The summed E-state index contributed by atoms with van der Waals surface area (Å²) in [6, 6.07) is 22.0. The molecule has 0 saturated heterocycles. The zero-order chi connectivity index (χ0) is 20.5. The molecule has 0 radical (unpaired) electrons. The average Bonchev–Trinajstić information content (AvgIpc) is 2.95. The van der Waals surface area contributed by atoms with Crippen LogP contribution in [0.2, 0.25) is 10.0 Å². The van der Waals surface area contributed by atoms with E-state index in [1.165, 1.54) is 0 Å². The number of aryl methyl sites for hydroxylation is 1. The van der Waals surface area contributed by atoms with E-state index >= 15 is 0 Å². The van der Waals surface area contributed by atoms with Gasteiger partial charge in [0.25, 0.3) is 5.91 Å². The second kappa shape index (κ2) is 7.94. The van der Waals surface area contributed by atoms with Crippen LogP contribution in [-0.2, 0) is 11.3 Å². The van der Waals surface area contributed by atoms with Gasteiger partial charge in [-0.25, -0.2) is 0 Å². The van der Waals surface area contributed by atoms with E-state index in [2.05, 4.69) is 0 Å². The largest absolute Gasteiger partial charge is 0.503 e. The summed E-state index contributed by atoms with van der Waals surface area (Å²) in [5, 5.41) is 12.0. The van der Waals surface area contributed by atoms with Gasteiger partial charge in [-0.2, -0.15) is 0 Å². The summed E-state index contributed by atoms with van der Waals surface area (Å²) in [6.07, 6.45) is 0. The summed E-state index contributed by atoms with van der Waals surface area (Å²) in [7, 11) is 0. The maximum Gasteiger partial charge on any atom is 0.290 e. The van der Waals surface area contributed by atoms with Crippen molar-refractivity contribution in [3.8, 4) is 0 Å².